The topological polar surface area (TPSA) is 110 Å². The first kappa shape index (κ1) is 12.0. The van der Waals surface area contributed by atoms with E-state index in [9.17, 15) is 10.1 Å². The van der Waals surface area contributed by atoms with Crippen molar-refractivity contribution < 1.29 is 4.92 Å². The lowest BCUT2D eigenvalue weighted by Gasteiger charge is -2.12. The molecule has 0 fully saturated rings. The van der Waals surface area contributed by atoms with Gasteiger partial charge in [-0.1, -0.05) is 11.3 Å². The Morgan fingerprint density at radius 1 is 1.50 bits per heavy atom. The van der Waals surface area contributed by atoms with Crippen LogP contribution in [0.3, 0.4) is 0 Å². The van der Waals surface area contributed by atoms with Gasteiger partial charge in [-0.05, 0) is 25.5 Å². The number of aryl methyl sites for hydroxylation is 1. The molecule has 0 aliphatic carbocycles. The maximum absolute atomic E-state index is 10.9. The van der Waals surface area contributed by atoms with Gasteiger partial charge in [0, 0.05) is 6.07 Å². The highest BCUT2D eigenvalue weighted by Gasteiger charge is 2.17. The Morgan fingerprint density at radius 3 is 2.89 bits per heavy atom. The zero-order valence-corrected chi connectivity index (χ0v) is 9.91. The number of aromatic amines is 1. The molecule has 0 aliphatic heterocycles. The summed E-state index contributed by atoms with van der Waals surface area (Å²) in [6.07, 6.45) is 0. The van der Waals surface area contributed by atoms with Crippen LogP contribution in [0.1, 0.15) is 24.4 Å². The Bertz CT molecular complexity index is 554. The van der Waals surface area contributed by atoms with Crippen molar-refractivity contribution in [1.29, 1.82) is 0 Å². The summed E-state index contributed by atoms with van der Waals surface area (Å²) in [5.41, 5.74) is 1.40. The molecule has 18 heavy (non-hydrogen) atoms. The average Bonchev–Trinajstić information content (AvgIpc) is 2.81. The molecule has 0 radical (unpaired) electrons. The SMILES string of the molecule is Cc1ccc([N+](=O)[O-])c(NC(C)c2nn[nH]n2)c1. The van der Waals surface area contributed by atoms with E-state index in [4.69, 9.17) is 0 Å². The average molecular weight is 248 g/mol. The minimum Gasteiger partial charge on any atom is -0.370 e. The van der Waals surface area contributed by atoms with Crippen molar-refractivity contribution in [2.24, 2.45) is 0 Å². The monoisotopic (exact) mass is 248 g/mol. The number of nitrogens with zero attached hydrogens (tertiary/aromatic N) is 4. The molecule has 1 unspecified atom stereocenters. The summed E-state index contributed by atoms with van der Waals surface area (Å²) in [5.74, 6) is 0.450. The highest BCUT2D eigenvalue weighted by Crippen LogP contribution is 2.28. The molecule has 0 amide bonds. The number of tetrazole rings is 1. The Kier molecular flexibility index (Phi) is 3.18. The molecule has 2 rings (SSSR count). The van der Waals surface area contributed by atoms with E-state index in [2.05, 4.69) is 25.9 Å². The number of anilines is 1. The van der Waals surface area contributed by atoms with Gasteiger partial charge < -0.3 is 5.32 Å². The molecule has 94 valence electrons. The van der Waals surface area contributed by atoms with E-state index < -0.39 is 4.92 Å². The smallest absolute Gasteiger partial charge is 0.292 e. The van der Waals surface area contributed by atoms with E-state index in [1.165, 1.54) is 6.07 Å². The van der Waals surface area contributed by atoms with E-state index in [0.29, 0.717) is 11.5 Å². The lowest BCUT2D eigenvalue weighted by Crippen LogP contribution is -2.10. The van der Waals surface area contributed by atoms with Gasteiger partial charge in [-0.15, -0.1) is 10.2 Å². The Morgan fingerprint density at radius 2 is 2.28 bits per heavy atom. The van der Waals surface area contributed by atoms with Gasteiger partial charge in [0.15, 0.2) is 5.82 Å². The number of rotatable bonds is 4. The summed E-state index contributed by atoms with van der Waals surface area (Å²) >= 11 is 0. The minimum absolute atomic E-state index is 0.0240. The first-order chi connectivity index (χ1) is 8.58. The maximum Gasteiger partial charge on any atom is 0.292 e. The van der Waals surface area contributed by atoms with Gasteiger partial charge >= 0.3 is 0 Å². The third kappa shape index (κ3) is 2.42. The normalized spacial score (nSPS) is 12.1. The molecule has 0 saturated carbocycles. The summed E-state index contributed by atoms with van der Waals surface area (Å²) in [7, 11) is 0. The third-order valence-electron chi connectivity index (χ3n) is 2.47. The molecule has 1 heterocycles. The number of H-pyrrole nitrogens is 1. The number of nitrogens with one attached hydrogen (secondary N) is 2. The number of hydrogen-bond acceptors (Lipinski definition) is 6. The van der Waals surface area contributed by atoms with E-state index in [-0.39, 0.29) is 11.7 Å². The van der Waals surface area contributed by atoms with Crippen LogP contribution in [0, 0.1) is 17.0 Å². The van der Waals surface area contributed by atoms with Crippen LogP contribution in [0.5, 0.6) is 0 Å². The molecule has 0 saturated heterocycles. The summed E-state index contributed by atoms with van der Waals surface area (Å²) < 4.78 is 0. The zero-order chi connectivity index (χ0) is 13.1. The van der Waals surface area contributed by atoms with E-state index in [1.807, 2.05) is 6.92 Å². The van der Waals surface area contributed by atoms with Crippen LogP contribution in [0.2, 0.25) is 0 Å². The predicted octanol–water partition coefficient (Wildman–Crippen LogP) is 1.59. The predicted molar refractivity (Wildman–Crippen MR) is 64.0 cm³/mol. The number of hydrogen-bond donors (Lipinski definition) is 2. The first-order valence-corrected chi connectivity index (χ1v) is 5.33. The van der Waals surface area contributed by atoms with Gasteiger partial charge in [0.2, 0.25) is 0 Å². The summed E-state index contributed by atoms with van der Waals surface area (Å²) in [5, 5.41) is 27.4. The lowest BCUT2D eigenvalue weighted by atomic mass is 10.1. The second-order valence-electron chi connectivity index (χ2n) is 3.91. The second-order valence-corrected chi connectivity index (χ2v) is 3.91. The molecule has 8 heteroatoms. The second kappa shape index (κ2) is 4.78. The summed E-state index contributed by atoms with van der Waals surface area (Å²) in [4.78, 5) is 10.5. The molecule has 1 aromatic heterocycles. The van der Waals surface area contributed by atoms with Crippen molar-refractivity contribution in [3.8, 4) is 0 Å². The van der Waals surface area contributed by atoms with Crippen molar-refractivity contribution in [3.05, 3.63) is 39.7 Å². The molecule has 8 nitrogen and oxygen atoms in total. The van der Waals surface area contributed by atoms with Crippen LogP contribution in [-0.2, 0) is 0 Å². The first-order valence-electron chi connectivity index (χ1n) is 5.33. The van der Waals surface area contributed by atoms with E-state index in [1.54, 1.807) is 19.1 Å². The fourth-order valence-electron chi connectivity index (χ4n) is 1.58. The van der Waals surface area contributed by atoms with Crippen molar-refractivity contribution in [2.75, 3.05) is 5.32 Å². The standard InChI is InChI=1S/C10H12N6O2/c1-6-3-4-9(16(17)18)8(5-6)11-7(2)10-12-14-15-13-10/h3-5,7,11H,1-2H3,(H,12,13,14,15). The van der Waals surface area contributed by atoms with Gasteiger partial charge in [-0.3, -0.25) is 10.1 Å². The van der Waals surface area contributed by atoms with Gasteiger partial charge in [-0.25, -0.2) is 0 Å². The van der Waals surface area contributed by atoms with Gasteiger partial charge in [0.05, 0.1) is 11.0 Å². The quantitative estimate of drug-likeness (QED) is 0.628. The summed E-state index contributed by atoms with van der Waals surface area (Å²) in [6, 6.07) is 4.61. The fraction of sp³-hybridized carbons (Fsp3) is 0.300. The number of aromatic nitrogens is 4. The highest BCUT2D eigenvalue weighted by molar-refractivity contribution is 5.63. The van der Waals surface area contributed by atoms with Crippen LogP contribution in [-0.4, -0.2) is 25.5 Å². The van der Waals surface area contributed by atoms with Gasteiger partial charge in [-0.2, -0.15) is 5.21 Å². The molecular weight excluding hydrogens is 236 g/mol. The van der Waals surface area contributed by atoms with Crippen LogP contribution in [0.25, 0.3) is 0 Å². The largest absolute Gasteiger partial charge is 0.370 e. The summed E-state index contributed by atoms with van der Waals surface area (Å²) in [6.45, 7) is 3.67. The fourth-order valence-corrected chi connectivity index (χ4v) is 1.58. The maximum atomic E-state index is 10.9. The van der Waals surface area contributed by atoms with Crippen molar-refractivity contribution in [1.82, 2.24) is 20.6 Å². The minimum atomic E-state index is -0.426. The Balaban J connectivity index is 2.28. The molecule has 1 atom stereocenters. The molecule has 2 N–H and O–H groups in total. The Hall–Kier alpha value is -2.51. The van der Waals surface area contributed by atoms with Crippen LogP contribution < -0.4 is 5.32 Å². The Labute approximate surface area is 103 Å². The molecule has 0 spiro atoms. The molecule has 1 aromatic carbocycles. The van der Waals surface area contributed by atoms with Gasteiger partial charge in [0.1, 0.15) is 5.69 Å². The number of benzene rings is 1. The van der Waals surface area contributed by atoms with Crippen molar-refractivity contribution >= 4 is 11.4 Å². The van der Waals surface area contributed by atoms with Crippen LogP contribution in [0.4, 0.5) is 11.4 Å². The van der Waals surface area contributed by atoms with Crippen LogP contribution in [0.15, 0.2) is 18.2 Å². The van der Waals surface area contributed by atoms with Crippen molar-refractivity contribution in [3.63, 3.8) is 0 Å². The van der Waals surface area contributed by atoms with Crippen LogP contribution >= 0.6 is 0 Å². The van der Waals surface area contributed by atoms with Gasteiger partial charge in [0.25, 0.3) is 5.69 Å². The van der Waals surface area contributed by atoms with Crippen molar-refractivity contribution in [2.45, 2.75) is 19.9 Å². The number of nitro benzene ring substituents is 1. The van der Waals surface area contributed by atoms with E-state index in [0.717, 1.165) is 5.56 Å². The highest BCUT2D eigenvalue weighted by atomic mass is 16.6. The molecule has 2 aromatic rings. The lowest BCUT2D eigenvalue weighted by molar-refractivity contribution is -0.384. The van der Waals surface area contributed by atoms with E-state index >= 15 is 0 Å². The zero-order valence-electron chi connectivity index (χ0n) is 9.91. The molecule has 0 aliphatic rings. The molecular formula is C10H12N6O2. The third-order valence-corrected chi connectivity index (χ3v) is 2.47. The molecule has 0 bridgehead atoms. The number of nitro groups is 1.